The van der Waals surface area contributed by atoms with Crippen LogP contribution >= 0.6 is 27.5 Å². The van der Waals surface area contributed by atoms with Gasteiger partial charge in [-0.1, -0.05) is 27.5 Å². The Bertz CT molecular complexity index is 656. The smallest absolute Gasteiger partial charge is 0.246 e. The van der Waals surface area contributed by atoms with E-state index in [4.69, 9.17) is 16.3 Å². The molecule has 0 atom stereocenters. The van der Waals surface area contributed by atoms with Crippen LogP contribution in [0.1, 0.15) is 50.5 Å². The van der Waals surface area contributed by atoms with Gasteiger partial charge in [-0.05, 0) is 107 Å². The van der Waals surface area contributed by atoms with Crippen molar-refractivity contribution in [2.45, 2.75) is 57.4 Å². The van der Waals surface area contributed by atoms with Gasteiger partial charge in [0.15, 0.2) is 0 Å². The van der Waals surface area contributed by atoms with Crippen LogP contribution in [-0.4, -0.2) is 50.2 Å². The van der Waals surface area contributed by atoms with Gasteiger partial charge in [-0.3, -0.25) is 4.79 Å². The number of piperidine rings is 1. The number of methoxy groups -OCH3 is 1. The van der Waals surface area contributed by atoms with Crippen molar-refractivity contribution in [1.29, 1.82) is 0 Å². The lowest BCUT2D eigenvalue weighted by Crippen LogP contribution is -2.40. The van der Waals surface area contributed by atoms with Crippen LogP contribution in [0.4, 0.5) is 0 Å². The monoisotopic (exact) mass is 484 g/mol. The van der Waals surface area contributed by atoms with Gasteiger partial charge in [0.2, 0.25) is 5.91 Å². The minimum Gasteiger partial charge on any atom is -0.375 e. The van der Waals surface area contributed by atoms with Crippen LogP contribution in [0.2, 0.25) is 5.02 Å². The summed E-state index contributed by atoms with van der Waals surface area (Å²) >= 11 is 9.83. The lowest BCUT2D eigenvalue weighted by Gasteiger charge is -2.34. The first-order valence-corrected chi connectivity index (χ1v) is 12.1. The molecule has 0 bridgehead atoms. The summed E-state index contributed by atoms with van der Waals surface area (Å²) in [7, 11) is 1.56. The van der Waals surface area contributed by atoms with E-state index in [2.05, 4.69) is 38.3 Å². The second-order valence-corrected chi connectivity index (χ2v) is 10.0. The number of carbonyl (C=O) groups is 1. The molecule has 0 spiro atoms. The van der Waals surface area contributed by atoms with Crippen LogP contribution < -0.4 is 5.32 Å². The molecule has 3 rings (SSSR count). The SMILES string of the molecule is COCC(=O)N[C@H]1CC[C@H](CCN2CCC(Cc3cc(Cl)ccc3Br)CC2)CC1. The Morgan fingerprint density at radius 3 is 2.59 bits per heavy atom. The van der Waals surface area contributed by atoms with Crippen LogP contribution in [-0.2, 0) is 16.0 Å². The predicted molar refractivity (Wildman–Crippen MR) is 122 cm³/mol. The van der Waals surface area contributed by atoms with Crippen molar-refractivity contribution in [3.05, 3.63) is 33.3 Å². The quantitative estimate of drug-likeness (QED) is 0.559. The Kier molecular flexibility index (Phi) is 9.29. The third-order valence-electron chi connectivity index (χ3n) is 6.56. The number of rotatable bonds is 8. The number of ether oxygens (including phenoxy) is 1. The highest BCUT2D eigenvalue weighted by atomic mass is 79.9. The average molecular weight is 486 g/mol. The van der Waals surface area contributed by atoms with E-state index in [1.54, 1.807) is 7.11 Å². The highest BCUT2D eigenvalue weighted by Gasteiger charge is 2.24. The van der Waals surface area contributed by atoms with Crippen LogP contribution in [0.5, 0.6) is 0 Å². The van der Waals surface area contributed by atoms with Crippen LogP contribution in [0.3, 0.4) is 0 Å². The molecule has 2 fully saturated rings. The molecule has 4 nitrogen and oxygen atoms in total. The molecule has 0 aromatic heterocycles. The number of nitrogens with one attached hydrogen (secondary N) is 1. The van der Waals surface area contributed by atoms with Gasteiger partial charge in [0.25, 0.3) is 0 Å². The number of benzene rings is 1. The molecule has 1 amide bonds. The van der Waals surface area contributed by atoms with E-state index in [1.165, 1.54) is 61.8 Å². The first kappa shape index (κ1) is 23.1. The Morgan fingerprint density at radius 2 is 1.90 bits per heavy atom. The topological polar surface area (TPSA) is 41.6 Å². The number of carbonyl (C=O) groups excluding carboxylic acids is 1. The molecule has 1 N–H and O–H groups in total. The highest BCUT2D eigenvalue weighted by Crippen LogP contribution is 2.30. The molecule has 1 aliphatic heterocycles. The van der Waals surface area contributed by atoms with Crippen LogP contribution in [0, 0.1) is 11.8 Å². The first-order chi connectivity index (χ1) is 14.0. The van der Waals surface area contributed by atoms with Crippen molar-refractivity contribution >= 4 is 33.4 Å². The summed E-state index contributed by atoms with van der Waals surface area (Å²) in [6, 6.07) is 6.45. The minimum atomic E-state index is 0.0172. The maximum absolute atomic E-state index is 11.7. The summed E-state index contributed by atoms with van der Waals surface area (Å²) in [5, 5.41) is 3.92. The zero-order valence-electron chi connectivity index (χ0n) is 17.5. The maximum atomic E-state index is 11.7. The van der Waals surface area contributed by atoms with E-state index >= 15 is 0 Å². The van der Waals surface area contributed by atoms with Crippen LogP contribution in [0.15, 0.2) is 22.7 Å². The Hall–Kier alpha value is -0.620. The summed E-state index contributed by atoms with van der Waals surface area (Å²) in [4.78, 5) is 14.3. The lowest BCUT2D eigenvalue weighted by molar-refractivity contribution is -0.125. The van der Waals surface area contributed by atoms with E-state index in [1.807, 2.05) is 6.07 Å². The standard InChI is InChI=1S/C23H34BrClN2O2/c1-29-16-23(28)26-21-5-2-17(3-6-21)8-11-27-12-9-18(10-13-27)14-19-15-20(25)4-7-22(19)24/h4,7,15,17-18,21H,2-3,5-6,8-14,16H2,1H3,(H,26,28)/t17-,21-. The fourth-order valence-electron chi connectivity index (χ4n) is 4.79. The van der Waals surface area contributed by atoms with Gasteiger partial charge < -0.3 is 15.0 Å². The Labute approximate surface area is 188 Å². The molecule has 6 heteroatoms. The van der Waals surface area contributed by atoms with E-state index in [-0.39, 0.29) is 12.5 Å². The number of amides is 1. The van der Waals surface area contributed by atoms with Crippen molar-refractivity contribution < 1.29 is 9.53 Å². The maximum Gasteiger partial charge on any atom is 0.246 e. The average Bonchev–Trinajstić information content (AvgIpc) is 2.71. The molecule has 162 valence electrons. The van der Waals surface area contributed by atoms with Crippen molar-refractivity contribution in [3.8, 4) is 0 Å². The van der Waals surface area contributed by atoms with E-state index < -0.39 is 0 Å². The van der Waals surface area contributed by atoms with E-state index in [0.717, 1.165) is 36.1 Å². The van der Waals surface area contributed by atoms with Crippen molar-refractivity contribution in [1.82, 2.24) is 10.2 Å². The minimum absolute atomic E-state index is 0.0172. The molecule has 0 unspecified atom stereocenters. The van der Waals surface area contributed by atoms with Crippen LogP contribution in [0.25, 0.3) is 0 Å². The third-order valence-corrected chi connectivity index (χ3v) is 7.57. The third kappa shape index (κ3) is 7.54. The van der Waals surface area contributed by atoms with Crippen molar-refractivity contribution in [3.63, 3.8) is 0 Å². The molecule has 1 aromatic carbocycles. The molecule has 1 saturated carbocycles. The van der Waals surface area contributed by atoms with Crippen molar-refractivity contribution in [2.24, 2.45) is 11.8 Å². The summed E-state index contributed by atoms with van der Waals surface area (Å²) in [6.07, 6.45) is 9.65. The van der Waals surface area contributed by atoms with Gasteiger partial charge >= 0.3 is 0 Å². The molecule has 1 aliphatic carbocycles. The molecule has 0 radical (unpaired) electrons. The lowest BCUT2D eigenvalue weighted by atomic mass is 9.83. The number of nitrogens with zero attached hydrogens (tertiary/aromatic N) is 1. The number of hydrogen-bond acceptors (Lipinski definition) is 3. The van der Waals surface area contributed by atoms with Gasteiger partial charge in [0.05, 0.1) is 0 Å². The van der Waals surface area contributed by atoms with Gasteiger partial charge in [0, 0.05) is 22.6 Å². The fraction of sp³-hybridized carbons (Fsp3) is 0.696. The molecule has 1 saturated heterocycles. The number of hydrogen-bond donors (Lipinski definition) is 1. The summed E-state index contributed by atoms with van der Waals surface area (Å²) in [5.74, 6) is 1.58. The Morgan fingerprint density at radius 1 is 1.17 bits per heavy atom. The fourth-order valence-corrected chi connectivity index (χ4v) is 5.39. The first-order valence-electron chi connectivity index (χ1n) is 11.0. The molecular formula is C23H34BrClN2O2. The zero-order valence-corrected chi connectivity index (χ0v) is 19.8. The molecule has 1 heterocycles. The van der Waals surface area contributed by atoms with Crippen molar-refractivity contribution in [2.75, 3.05) is 33.4 Å². The summed E-state index contributed by atoms with van der Waals surface area (Å²) < 4.78 is 6.08. The second-order valence-electron chi connectivity index (χ2n) is 8.73. The highest BCUT2D eigenvalue weighted by molar-refractivity contribution is 9.10. The zero-order chi connectivity index (χ0) is 20.6. The van der Waals surface area contributed by atoms with E-state index in [9.17, 15) is 4.79 Å². The normalized spacial score (nSPS) is 23.8. The second kappa shape index (κ2) is 11.7. The van der Waals surface area contributed by atoms with Gasteiger partial charge in [-0.25, -0.2) is 0 Å². The van der Waals surface area contributed by atoms with Gasteiger partial charge in [-0.15, -0.1) is 0 Å². The molecule has 2 aliphatic rings. The molecular weight excluding hydrogens is 452 g/mol. The Balaban J connectivity index is 1.31. The van der Waals surface area contributed by atoms with E-state index in [0.29, 0.717) is 6.04 Å². The largest absolute Gasteiger partial charge is 0.375 e. The number of likely N-dealkylation sites (tertiary alicyclic amines) is 1. The van der Waals surface area contributed by atoms with Gasteiger partial charge in [-0.2, -0.15) is 0 Å². The molecule has 29 heavy (non-hydrogen) atoms. The van der Waals surface area contributed by atoms with Gasteiger partial charge in [0.1, 0.15) is 6.61 Å². The summed E-state index contributed by atoms with van der Waals surface area (Å²) in [5.41, 5.74) is 1.34. The number of halogens is 2. The summed E-state index contributed by atoms with van der Waals surface area (Å²) in [6.45, 7) is 3.82. The predicted octanol–water partition coefficient (Wildman–Crippen LogP) is 5.07. The molecule has 1 aromatic rings.